The molecule has 31 heavy (non-hydrogen) atoms. The molecule has 1 aliphatic carbocycles. The zero-order valence-corrected chi connectivity index (χ0v) is 18.0. The molecule has 3 atom stereocenters. The highest BCUT2D eigenvalue weighted by molar-refractivity contribution is 5.78. The van der Waals surface area contributed by atoms with Crippen molar-refractivity contribution in [3.05, 3.63) is 65.2 Å². The minimum absolute atomic E-state index is 0.0106. The average molecular weight is 430 g/mol. The molecule has 1 amide bonds. The zero-order chi connectivity index (χ0) is 22.0. The van der Waals surface area contributed by atoms with Crippen molar-refractivity contribution in [1.82, 2.24) is 15.1 Å². The highest BCUT2D eigenvalue weighted by Gasteiger charge is 2.41. The van der Waals surface area contributed by atoms with Crippen molar-refractivity contribution < 1.29 is 18.3 Å². The van der Waals surface area contributed by atoms with Crippen LogP contribution in [0.5, 0.6) is 5.75 Å². The van der Waals surface area contributed by atoms with Crippen LogP contribution >= 0.6 is 0 Å². The predicted octanol–water partition coefficient (Wildman–Crippen LogP) is 3.15. The number of hydrogen-bond donors (Lipinski definition) is 1. The number of hydrogen-bond acceptors (Lipinski definition) is 4. The molecule has 1 saturated heterocycles. The van der Waals surface area contributed by atoms with E-state index in [1.165, 1.54) is 6.07 Å². The number of amides is 1. The van der Waals surface area contributed by atoms with Crippen molar-refractivity contribution in [1.29, 1.82) is 0 Å². The molecule has 2 aliphatic rings. The van der Waals surface area contributed by atoms with Gasteiger partial charge in [-0.1, -0.05) is 30.3 Å². The highest BCUT2D eigenvalue weighted by atomic mass is 19.1. The number of rotatable bonds is 8. The summed E-state index contributed by atoms with van der Waals surface area (Å²) in [5.74, 6) is -1.22. The topological polar surface area (TPSA) is 44.8 Å². The monoisotopic (exact) mass is 429 g/mol. The van der Waals surface area contributed by atoms with Gasteiger partial charge in [0.15, 0.2) is 11.6 Å². The molecular formula is C24H29F2N3O2. The van der Waals surface area contributed by atoms with E-state index in [2.05, 4.69) is 10.2 Å². The standard InChI is InChI=1S/C24H29F2N3O2/c1-28(2)18-8-9-29(14-18)23(30)13-27-22-12-19(22)20-10-17(25)11-21(26)24(20)31-15-16-6-4-3-5-7-16/h3-7,10-11,18-19,22,27H,8-9,12-15H2,1-2H3. The molecule has 166 valence electrons. The van der Waals surface area contributed by atoms with Crippen LogP contribution in [0.2, 0.25) is 0 Å². The molecule has 3 unspecified atom stereocenters. The Labute approximate surface area is 182 Å². The van der Waals surface area contributed by atoms with E-state index in [1.807, 2.05) is 49.3 Å². The van der Waals surface area contributed by atoms with Crippen LogP contribution in [-0.4, -0.2) is 61.5 Å². The fourth-order valence-corrected chi connectivity index (χ4v) is 4.22. The van der Waals surface area contributed by atoms with Gasteiger partial charge in [-0.25, -0.2) is 8.78 Å². The molecule has 2 aromatic rings. The lowest BCUT2D eigenvalue weighted by molar-refractivity contribution is -0.129. The van der Waals surface area contributed by atoms with Gasteiger partial charge >= 0.3 is 0 Å². The van der Waals surface area contributed by atoms with Gasteiger partial charge in [0.05, 0.1) is 6.54 Å². The Morgan fingerprint density at radius 3 is 2.71 bits per heavy atom. The first-order valence-corrected chi connectivity index (χ1v) is 10.8. The van der Waals surface area contributed by atoms with Crippen LogP contribution in [0, 0.1) is 11.6 Å². The van der Waals surface area contributed by atoms with Crippen molar-refractivity contribution in [2.24, 2.45) is 0 Å². The number of nitrogens with zero attached hydrogens (tertiary/aromatic N) is 2. The lowest BCUT2D eigenvalue weighted by atomic mass is 10.1. The summed E-state index contributed by atoms with van der Waals surface area (Å²) in [4.78, 5) is 16.5. The Morgan fingerprint density at radius 1 is 1.23 bits per heavy atom. The first-order valence-electron chi connectivity index (χ1n) is 10.8. The minimum atomic E-state index is -0.695. The smallest absolute Gasteiger partial charge is 0.236 e. The van der Waals surface area contributed by atoms with E-state index >= 15 is 0 Å². The van der Waals surface area contributed by atoms with Gasteiger partial charge < -0.3 is 19.9 Å². The van der Waals surface area contributed by atoms with Gasteiger partial charge in [-0.2, -0.15) is 0 Å². The van der Waals surface area contributed by atoms with E-state index in [-0.39, 0.29) is 36.8 Å². The van der Waals surface area contributed by atoms with Crippen LogP contribution < -0.4 is 10.1 Å². The summed E-state index contributed by atoms with van der Waals surface area (Å²) in [7, 11) is 4.06. The number of carbonyl (C=O) groups excluding carboxylic acids is 1. The molecule has 1 aliphatic heterocycles. The van der Waals surface area contributed by atoms with Gasteiger partial charge in [0.2, 0.25) is 5.91 Å². The third kappa shape index (κ3) is 5.22. The minimum Gasteiger partial charge on any atom is -0.486 e. The number of likely N-dealkylation sites (N-methyl/N-ethyl adjacent to an activating group) is 1. The SMILES string of the molecule is CN(C)C1CCN(C(=O)CNC2CC2c2cc(F)cc(F)c2OCc2ccccc2)C1. The van der Waals surface area contributed by atoms with E-state index in [4.69, 9.17) is 4.74 Å². The summed E-state index contributed by atoms with van der Waals surface area (Å²) in [6.45, 7) is 1.96. The van der Waals surface area contributed by atoms with Crippen LogP contribution in [0.4, 0.5) is 8.78 Å². The summed E-state index contributed by atoms with van der Waals surface area (Å²) in [5, 5.41) is 3.26. The molecule has 4 rings (SSSR count). The van der Waals surface area contributed by atoms with Gasteiger partial charge in [0.25, 0.3) is 0 Å². The largest absolute Gasteiger partial charge is 0.486 e. The fraction of sp³-hybridized carbons (Fsp3) is 0.458. The molecule has 0 spiro atoms. The van der Waals surface area contributed by atoms with Crippen LogP contribution in [-0.2, 0) is 11.4 Å². The quantitative estimate of drug-likeness (QED) is 0.700. The molecule has 0 radical (unpaired) electrons. The molecule has 1 heterocycles. The number of nitrogens with one attached hydrogen (secondary N) is 1. The number of likely N-dealkylation sites (tertiary alicyclic amines) is 1. The molecule has 7 heteroatoms. The number of ether oxygens (including phenoxy) is 1. The Morgan fingerprint density at radius 2 is 2.00 bits per heavy atom. The van der Waals surface area contributed by atoms with Crippen LogP contribution in [0.25, 0.3) is 0 Å². The van der Waals surface area contributed by atoms with Gasteiger partial charge in [-0.3, -0.25) is 4.79 Å². The first-order chi connectivity index (χ1) is 14.9. The van der Waals surface area contributed by atoms with Gasteiger partial charge in [0, 0.05) is 42.7 Å². The predicted molar refractivity (Wildman–Crippen MR) is 115 cm³/mol. The molecular weight excluding hydrogens is 400 g/mol. The molecule has 1 N–H and O–H groups in total. The number of benzene rings is 2. The third-order valence-corrected chi connectivity index (χ3v) is 6.21. The number of carbonyl (C=O) groups is 1. The van der Waals surface area contributed by atoms with Crippen molar-refractivity contribution >= 4 is 5.91 Å². The Hall–Kier alpha value is -2.51. The summed E-state index contributed by atoms with van der Waals surface area (Å²) in [6, 6.07) is 12.1. The van der Waals surface area contributed by atoms with Crippen molar-refractivity contribution in [3.8, 4) is 5.75 Å². The van der Waals surface area contributed by atoms with E-state index < -0.39 is 11.6 Å². The van der Waals surface area contributed by atoms with Crippen LogP contribution in [0.1, 0.15) is 29.9 Å². The third-order valence-electron chi connectivity index (χ3n) is 6.21. The van der Waals surface area contributed by atoms with Gasteiger partial charge in [-0.15, -0.1) is 0 Å². The Bertz CT molecular complexity index is 923. The zero-order valence-electron chi connectivity index (χ0n) is 18.0. The maximum atomic E-state index is 14.5. The summed E-state index contributed by atoms with van der Waals surface area (Å²) in [6.07, 6.45) is 1.70. The Balaban J connectivity index is 1.35. The van der Waals surface area contributed by atoms with E-state index in [0.29, 0.717) is 11.6 Å². The lowest BCUT2D eigenvalue weighted by Crippen LogP contribution is -2.39. The molecule has 5 nitrogen and oxygen atoms in total. The van der Waals surface area contributed by atoms with Gasteiger partial charge in [-0.05, 0) is 38.6 Å². The Kier molecular flexibility index (Phi) is 6.53. The maximum Gasteiger partial charge on any atom is 0.236 e. The normalized spacial score (nSPS) is 22.7. The molecule has 0 bridgehead atoms. The average Bonchev–Trinajstić information content (AvgIpc) is 3.34. The van der Waals surface area contributed by atoms with Crippen molar-refractivity contribution in [3.63, 3.8) is 0 Å². The second-order valence-corrected chi connectivity index (χ2v) is 8.66. The summed E-state index contributed by atoms with van der Waals surface area (Å²) < 4.78 is 34.2. The molecule has 2 aromatic carbocycles. The highest BCUT2D eigenvalue weighted by Crippen LogP contribution is 2.46. The number of halogens is 2. The maximum absolute atomic E-state index is 14.5. The van der Waals surface area contributed by atoms with Crippen molar-refractivity contribution in [2.75, 3.05) is 33.7 Å². The van der Waals surface area contributed by atoms with E-state index in [1.54, 1.807) is 0 Å². The van der Waals surface area contributed by atoms with Gasteiger partial charge in [0.1, 0.15) is 12.4 Å². The lowest BCUT2D eigenvalue weighted by Gasteiger charge is -2.20. The van der Waals surface area contributed by atoms with Crippen LogP contribution in [0.3, 0.4) is 0 Å². The van der Waals surface area contributed by atoms with Crippen molar-refractivity contribution in [2.45, 2.75) is 37.5 Å². The second kappa shape index (κ2) is 9.32. The second-order valence-electron chi connectivity index (χ2n) is 8.66. The molecule has 2 fully saturated rings. The molecule has 1 saturated carbocycles. The summed E-state index contributed by atoms with van der Waals surface area (Å²) in [5.41, 5.74) is 1.43. The van der Waals surface area contributed by atoms with E-state index in [0.717, 1.165) is 37.6 Å². The summed E-state index contributed by atoms with van der Waals surface area (Å²) >= 11 is 0. The fourth-order valence-electron chi connectivity index (χ4n) is 4.22. The van der Waals surface area contributed by atoms with Crippen LogP contribution in [0.15, 0.2) is 42.5 Å². The first kappa shape index (κ1) is 21.7. The molecule has 0 aromatic heterocycles. The van der Waals surface area contributed by atoms with E-state index in [9.17, 15) is 13.6 Å².